The lowest BCUT2D eigenvalue weighted by Crippen LogP contribution is -2.35. The van der Waals surface area contributed by atoms with Crippen LogP contribution in [0.5, 0.6) is 0 Å². The van der Waals surface area contributed by atoms with Crippen LogP contribution in [-0.2, 0) is 4.74 Å². The number of hydrogen-bond acceptors (Lipinski definition) is 4. The summed E-state index contributed by atoms with van der Waals surface area (Å²) < 4.78 is 4.63. The van der Waals surface area contributed by atoms with Gasteiger partial charge in [-0.15, -0.1) is 0 Å². The largest absolute Gasteiger partial charge is 0.465 e. The van der Waals surface area contributed by atoms with Crippen molar-refractivity contribution in [1.82, 2.24) is 9.80 Å². The van der Waals surface area contributed by atoms with E-state index in [2.05, 4.69) is 4.74 Å². The first-order chi connectivity index (χ1) is 11.0. The van der Waals surface area contributed by atoms with Crippen LogP contribution in [0.3, 0.4) is 0 Å². The second kappa shape index (κ2) is 5.91. The molecule has 3 rings (SSSR count). The van der Waals surface area contributed by atoms with Gasteiger partial charge >= 0.3 is 12.1 Å². The van der Waals surface area contributed by atoms with Crippen molar-refractivity contribution in [3.8, 4) is 0 Å². The van der Waals surface area contributed by atoms with Crippen LogP contribution in [0.4, 0.5) is 4.79 Å². The highest BCUT2D eigenvalue weighted by atomic mass is 16.5. The molecule has 2 heterocycles. The zero-order valence-corrected chi connectivity index (χ0v) is 12.8. The van der Waals surface area contributed by atoms with Crippen LogP contribution in [0.15, 0.2) is 24.3 Å². The Morgan fingerprint density at radius 2 is 1.43 bits per heavy atom. The van der Waals surface area contributed by atoms with E-state index < -0.39 is 12.1 Å². The second-order valence-corrected chi connectivity index (χ2v) is 5.99. The molecule has 0 aliphatic carbocycles. The Morgan fingerprint density at radius 3 is 1.91 bits per heavy atom. The fraction of sp³-hybridized carbons (Fsp3) is 0.438. The SMILES string of the molecule is COC(=O)c1ccc(C(=O)N2CC3CN(C(=O)O)CC3C2)cc1. The van der Waals surface area contributed by atoms with Crippen molar-refractivity contribution in [2.24, 2.45) is 11.8 Å². The number of likely N-dealkylation sites (tertiary alicyclic amines) is 2. The standard InChI is InChI=1S/C16H18N2O5/c1-23-15(20)11-4-2-10(3-5-11)14(19)17-6-12-8-18(16(21)22)9-13(12)7-17/h2-5,12-13H,6-9H2,1H3,(H,21,22). The molecule has 2 unspecified atom stereocenters. The van der Waals surface area contributed by atoms with Crippen molar-refractivity contribution in [1.29, 1.82) is 0 Å². The number of carboxylic acid groups (broad SMARTS) is 1. The molecule has 2 saturated heterocycles. The van der Waals surface area contributed by atoms with Gasteiger partial charge in [-0.3, -0.25) is 4.79 Å². The summed E-state index contributed by atoms with van der Waals surface area (Å²) in [6, 6.07) is 6.38. The first-order valence-electron chi connectivity index (χ1n) is 7.45. The molecule has 2 aliphatic rings. The van der Waals surface area contributed by atoms with Gasteiger partial charge in [0.2, 0.25) is 0 Å². The van der Waals surface area contributed by atoms with Crippen LogP contribution < -0.4 is 0 Å². The molecule has 0 saturated carbocycles. The predicted molar refractivity (Wildman–Crippen MR) is 80.3 cm³/mol. The minimum Gasteiger partial charge on any atom is -0.465 e. The second-order valence-electron chi connectivity index (χ2n) is 5.99. The number of carbonyl (C=O) groups is 3. The third-order valence-electron chi connectivity index (χ3n) is 4.60. The molecule has 7 nitrogen and oxygen atoms in total. The maximum atomic E-state index is 12.5. The van der Waals surface area contributed by atoms with Gasteiger partial charge in [0, 0.05) is 43.6 Å². The zero-order valence-electron chi connectivity index (χ0n) is 12.8. The van der Waals surface area contributed by atoms with Crippen LogP contribution in [0.25, 0.3) is 0 Å². The quantitative estimate of drug-likeness (QED) is 0.827. The predicted octanol–water partition coefficient (Wildman–Crippen LogP) is 1.16. The molecule has 1 aromatic rings. The van der Waals surface area contributed by atoms with Crippen molar-refractivity contribution in [3.05, 3.63) is 35.4 Å². The molecule has 122 valence electrons. The highest BCUT2D eigenvalue weighted by molar-refractivity contribution is 5.96. The minimum absolute atomic E-state index is 0.0855. The highest BCUT2D eigenvalue weighted by Crippen LogP contribution is 2.31. The van der Waals surface area contributed by atoms with E-state index in [1.165, 1.54) is 12.0 Å². The molecule has 23 heavy (non-hydrogen) atoms. The molecule has 1 aromatic carbocycles. The lowest BCUT2D eigenvalue weighted by Gasteiger charge is -2.20. The maximum Gasteiger partial charge on any atom is 0.407 e. The molecule has 2 aliphatic heterocycles. The van der Waals surface area contributed by atoms with Crippen molar-refractivity contribution in [2.45, 2.75) is 0 Å². The maximum absolute atomic E-state index is 12.5. The van der Waals surface area contributed by atoms with Crippen LogP contribution in [-0.4, -0.2) is 66.2 Å². The Morgan fingerprint density at radius 1 is 0.957 bits per heavy atom. The van der Waals surface area contributed by atoms with Crippen molar-refractivity contribution < 1.29 is 24.2 Å². The smallest absolute Gasteiger partial charge is 0.407 e. The summed E-state index contributed by atoms with van der Waals surface area (Å²) in [4.78, 5) is 38.1. The van der Waals surface area contributed by atoms with Gasteiger partial charge in [-0.05, 0) is 24.3 Å². The van der Waals surface area contributed by atoms with Gasteiger partial charge in [-0.2, -0.15) is 0 Å². The number of methoxy groups -OCH3 is 1. The number of rotatable bonds is 2. The van der Waals surface area contributed by atoms with E-state index in [9.17, 15) is 14.4 Å². The molecule has 7 heteroatoms. The lowest BCUT2D eigenvalue weighted by molar-refractivity contribution is 0.0599. The molecule has 0 spiro atoms. The van der Waals surface area contributed by atoms with Gasteiger partial charge in [0.15, 0.2) is 0 Å². The van der Waals surface area contributed by atoms with Gasteiger partial charge in [-0.1, -0.05) is 0 Å². The summed E-state index contributed by atoms with van der Waals surface area (Å²) >= 11 is 0. The minimum atomic E-state index is -0.893. The molecule has 2 amide bonds. The summed E-state index contributed by atoms with van der Waals surface area (Å²) in [5.41, 5.74) is 0.923. The number of benzene rings is 1. The molecular weight excluding hydrogens is 300 g/mol. The number of nitrogens with zero attached hydrogens (tertiary/aromatic N) is 2. The number of esters is 1. The summed E-state index contributed by atoms with van der Waals surface area (Å²) in [7, 11) is 1.31. The molecule has 0 radical (unpaired) electrons. The van der Waals surface area contributed by atoms with Crippen LogP contribution in [0.2, 0.25) is 0 Å². The Kier molecular flexibility index (Phi) is 3.94. The number of hydrogen-bond donors (Lipinski definition) is 1. The Balaban J connectivity index is 1.64. The third-order valence-corrected chi connectivity index (χ3v) is 4.60. The van der Waals surface area contributed by atoms with E-state index in [1.807, 2.05) is 0 Å². The summed E-state index contributed by atoms with van der Waals surface area (Å²) in [6.07, 6.45) is -0.893. The number of ether oxygens (including phenoxy) is 1. The van der Waals surface area contributed by atoms with E-state index in [4.69, 9.17) is 5.11 Å². The van der Waals surface area contributed by atoms with Gasteiger partial charge in [0.1, 0.15) is 0 Å². The van der Waals surface area contributed by atoms with E-state index >= 15 is 0 Å². The van der Waals surface area contributed by atoms with E-state index in [0.717, 1.165) is 0 Å². The Bertz CT molecular complexity index is 628. The average Bonchev–Trinajstić information content (AvgIpc) is 3.12. The topological polar surface area (TPSA) is 87.2 Å². The van der Waals surface area contributed by atoms with Crippen molar-refractivity contribution >= 4 is 18.0 Å². The summed E-state index contributed by atoms with van der Waals surface area (Å²) in [5.74, 6) is -0.0973. The molecule has 1 N–H and O–H groups in total. The number of fused-ring (bicyclic) bond motifs is 1. The highest BCUT2D eigenvalue weighted by Gasteiger charge is 2.43. The van der Waals surface area contributed by atoms with E-state index in [-0.39, 0.29) is 17.7 Å². The van der Waals surface area contributed by atoms with Crippen molar-refractivity contribution in [3.63, 3.8) is 0 Å². The third kappa shape index (κ3) is 2.86. The Hall–Kier alpha value is -2.57. The van der Waals surface area contributed by atoms with Crippen LogP contribution in [0, 0.1) is 11.8 Å². The number of carbonyl (C=O) groups excluding carboxylic acids is 2. The zero-order chi connectivity index (χ0) is 16.6. The van der Waals surface area contributed by atoms with Crippen LogP contribution in [0.1, 0.15) is 20.7 Å². The molecule has 0 aromatic heterocycles. The average molecular weight is 318 g/mol. The van der Waals surface area contributed by atoms with Crippen LogP contribution >= 0.6 is 0 Å². The fourth-order valence-corrected chi connectivity index (χ4v) is 3.36. The lowest BCUT2D eigenvalue weighted by atomic mass is 10.0. The van der Waals surface area contributed by atoms with Gasteiger partial charge < -0.3 is 19.6 Å². The molecule has 2 atom stereocenters. The van der Waals surface area contributed by atoms with Gasteiger partial charge in [0.05, 0.1) is 12.7 Å². The monoisotopic (exact) mass is 318 g/mol. The summed E-state index contributed by atoms with van der Waals surface area (Å²) in [6.45, 7) is 2.13. The van der Waals surface area contributed by atoms with Gasteiger partial charge in [-0.25, -0.2) is 9.59 Å². The summed E-state index contributed by atoms with van der Waals surface area (Å²) in [5, 5.41) is 9.02. The first kappa shape index (κ1) is 15.3. The number of amides is 2. The van der Waals surface area contributed by atoms with E-state index in [1.54, 1.807) is 29.2 Å². The van der Waals surface area contributed by atoms with Gasteiger partial charge in [0.25, 0.3) is 5.91 Å². The molecular formula is C16H18N2O5. The first-order valence-corrected chi connectivity index (χ1v) is 7.45. The van der Waals surface area contributed by atoms with Crippen molar-refractivity contribution in [2.75, 3.05) is 33.3 Å². The fourth-order valence-electron chi connectivity index (χ4n) is 3.36. The molecule has 0 bridgehead atoms. The normalized spacial score (nSPS) is 22.8. The molecule has 2 fully saturated rings. The Labute approximate surface area is 133 Å². The van der Waals surface area contributed by atoms with E-state index in [0.29, 0.717) is 37.3 Å².